The van der Waals surface area contributed by atoms with Crippen LogP contribution < -0.4 is 15.0 Å². The Hall–Kier alpha value is -4.32. The lowest BCUT2D eigenvalue weighted by atomic mass is 9.97. The number of aromatic nitrogens is 3. The smallest absolute Gasteiger partial charge is 0.406 e. The van der Waals surface area contributed by atoms with Crippen LogP contribution in [0.25, 0.3) is 17.1 Å². The molecule has 3 aromatic carbocycles. The van der Waals surface area contributed by atoms with Gasteiger partial charge in [0.2, 0.25) is 0 Å². The molecule has 2 heterocycles. The molecule has 0 aliphatic carbocycles. The summed E-state index contributed by atoms with van der Waals surface area (Å²) in [5.74, 6) is 1.47. The van der Waals surface area contributed by atoms with E-state index in [9.17, 15) is 18.0 Å². The molecule has 1 aromatic heterocycles. The molecule has 2 unspecified atom stereocenters. The molecule has 2 amide bonds. The van der Waals surface area contributed by atoms with Gasteiger partial charge in [-0.2, -0.15) is 4.99 Å². The average Bonchev–Trinajstić information content (AvgIpc) is 3.52. The predicted octanol–water partition coefficient (Wildman–Crippen LogP) is 8.06. The van der Waals surface area contributed by atoms with Gasteiger partial charge in [-0.25, -0.2) is 14.5 Å². The zero-order valence-corrected chi connectivity index (χ0v) is 26.8. The van der Waals surface area contributed by atoms with Crippen LogP contribution in [0.4, 0.5) is 23.7 Å². The van der Waals surface area contributed by atoms with E-state index in [-0.39, 0.29) is 17.8 Å². The summed E-state index contributed by atoms with van der Waals surface area (Å²) >= 11 is 1.63. The van der Waals surface area contributed by atoms with Crippen molar-refractivity contribution in [2.24, 2.45) is 10.9 Å². The van der Waals surface area contributed by atoms with Crippen molar-refractivity contribution in [2.45, 2.75) is 58.9 Å². The van der Waals surface area contributed by atoms with E-state index >= 15 is 0 Å². The number of amides is 2. The van der Waals surface area contributed by atoms with Crippen molar-refractivity contribution in [3.05, 3.63) is 90.3 Å². The van der Waals surface area contributed by atoms with Crippen LogP contribution in [-0.4, -0.2) is 50.7 Å². The number of amidine groups is 1. The van der Waals surface area contributed by atoms with Crippen molar-refractivity contribution < 1.29 is 22.7 Å². The number of anilines is 1. The molecule has 4 aromatic rings. The predicted molar refractivity (Wildman–Crippen MR) is 177 cm³/mol. The average molecular weight is 651 g/mol. The SMILES string of the molecule is CCc1ccccc1N1C(=NC(=O)NCCC(C)Cc2ccc(-c3ncn(-c4ccc(OC(F)(F)F)cc4)n3)cc2)SCCC1C. The van der Waals surface area contributed by atoms with Gasteiger partial charge in [0.05, 0.1) is 5.69 Å². The standard InChI is InChI=1S/C34H37F3N6O2S/c1-4-26-7-5-6-8-30(26)43-24(3)18-20-46-33(43)40-32(44)38-19-17-23(2)21-25-9-11-27(12-10-25)31-39-22-42(41-31)28-13-15-29(16-14-28)45-34(35,36)37/h5-16,22-24H,4,17-21H2,1-3H3,(H,38,44). The minimum absolute atomic E-state index is 0.265. The molecular formula is C34H37F3N6O2S. The van der Waals surface area contributed by atoms with Gasteiger partial charge in [-0.05, 0) is 80.0 Å². The van der Waals surface area contributed by atoms with E-state index in [0.29, 0.717) is 24.0 Å². The fraction of sp³-hybridized carbons (Fsp3) is 0.353. The largest absolute Gasteiger partial charge is 0.573 e. The Balaban J connectivity index is 1.12. The third kappa shape index (κ3) is 8.68. The molecule has 8 nitrogen and oxygen atoms in total. The topological polar surface area (TPSA) is 84.6 Å². The van der Waals surface area contributed by atoms with Crippen LogP contribution >= 0.6 is 11.8 Å². The lowest BCUT2D eigenvalue weighted by Gasteiger charge is -2.36. The second-order valence-electron chi connectivity index (χ2n) is 11.3. The molecule has 1 fully saturated rings. The number of hydrogen-bond donors (Lipinski definition) is 1. The van der Waals surface area contributed by atoms with E-state index in [1.807, 2.05) is 36.4 Å². The Morgan fingerprint density at radius 3 is 2.57 bits per heavy atom. The highest BCUT2D eigenvalue weighted by Crippen LogP contribution is 2.32. The third-order valence-corrected chi connectivity index (χ3v) is 8.77. The van der Waals surface area contributed by atoms with Crippen LogP contribution in [0.5, 0.6) is 5.75 Å². The first-order valence-corrected chi connectivity index (χ1v) is 16.3. The normalized spacial score (nSPS) is 16.8. The number of para-hydroxylation sites is 1. The van der Waals surface area contributed by atoms with Gasteiger partial charge in [0, 0.05) is 29.6 Å². The number of rotatable bonds is 10. The second-order valence-corrected chi connectivity index (χ2v) is 12.4. The highest BCUT2D eigenvalue weighted by molar-refractivity contribution is 8.14. The summed E-state index contributed by atoms with van der Waals surface area (Å²) in [5, 5.41) is 8.19. The molecule has 12 heteroatoms. The van der Waals surface area contributed by atoms with E-state index in [1.165, 1.54) is 40.8 Å². The fourth-order valence-corrected chi connectivity index (χ4v) is 6.55. The molecule has 5 rings (SSSR count). The van der Waals surface area contributed by atoms with Gasteiger partial charge in [-0.3, -0.25) is 0 Å². The lowest BCUT2D eigenvalue weighted by molar-refractivity contribution is -0.274. The highest BCUT2D eigenvalue weighted by Gasteiger charge is 2.31. The van der Waals surface area contributed by atoms with Crippen molar-refractivity contribution >= 4 is 28.6 Å². The van der Waals surface area contributed by atoms with E-state index in [4.69, 9.17) is 0 Å². The van der Waals surface area contributed by atoms with Crippen molar-refractivity contribution in [3.63, 3.8) is 0 Å². The summed E-state index contributed by atoms with van der Waals surface area (Å²) in [6, 6.07) is 21.7. The quantitative estimate of drug-likeness (QED) is 0.187. The number of halogens is 3. The maximum atomic E-state index is 12.8. The van der Waals surface area contributed by atoms with Crippen molar-refractivity contribution in [1.29, 1.82) is 0 Å². The first-order valence-electron chi connectivity index (χ1n) is 15.3. The highest BCUT2D eigenvalue weighted by atomic mass is 32.2. The zero-order valence-electron chi connectivity index (χ0n) is 26.0. The minimum atomic E-state index is -4.74. The Labute approximate surface area is 271 Å². The molecule has 0 bridgehead atoms. The van der Waals surface area contributed by atoms with Crippen LogP contribution in [0.2, 0.25) is 0 Å². The lowest BCUT2D eigenvalue weighted by Crippen LogP contribution is -2.42. The number of carbonyl (C=O) groups is 1. The van der Waals surface area contributed by atoms with Gasteiger partial charge >= 0.3 is 12.4 Å². The van der Waals surface area contributed by atoms with Crippen LogP contribution in [0.3, 0.4) is 0 Å². The van der Waals surface area contributed by atoms with Gasteiger partial charge in [0.25, 0.3) is 0 Å². The van der Waals surface area contributed by atoms with Crippen LogP contribution in [0.15, 0.2) is 84.1 Å². The van der Waals surface area contributed by atoms with Gasteiger partial charge in [-0.1, -0.05) is 68.1 Å². The van der Waals surface area contributed by atoms with Crippen molar-refractivity contribution in [1.82, 2.24) is 20.1 Å². The molecule has 1 aliphatic rings. The maximum absolute atomic E-state index is 12.8. The summed E-state index contributed by atoms with van der Waals surface area (Å²) < 4.78 is 42.7. The molecule has 0 saturated carbocycles. The zero-order chi connectivity index (χ0) is 32.7. The Morgan fingerprint density at radius 2 is 1.85 bits per heavy atom. The minimum Gasteiger partial charge on any atom is -0.406 e. The third-order valence-electron chi connectivity index (χ3n) is 7.78. The number of hydrogen-bond acceptors (Lipinski definition) is 5. The summed E-state index contributed by atoms with van der Waals surface area (Å²) in [6.45, 7) is 7.01. The number of alkyl halides is 3. The molecule has 0 spiro atoms. The summed E-state index contributed by atoms with van der Waals surface area (Å²) in [6.07, 6.45) is 0.365. The molecule has 1 N–H and O–H groups in total. The number of carbonyl (C=O) groups excluding carboxylic acids is 1. The summed E-state index contributed by atoms with van der Waals surface area (Å²) in [4.78, 5) is 23.8. The number of benzene rings is 3. The van der Waals surface area contributed by atoms with Gasteiger partial charge in [0.15, 0.2) is 11.0 Å². The summed E-state index contributed by atoms with van der Waals surface area (Å²) in [7, 11) is 0. The Bertz CT molecular complexity index is 1640. The second kappa shape index (κ2) is 14.8. The first-order chi connectivity index (χ1) is 22.1. The van der Waals surface area contributed by atoms with Crippen LogP contribution in [0, 0.1) is 5.92 Å². The van der Waals surface area contributed by atoms with E-state index in [1.54, 1.807) is 11.8 Å². The van der Waals surface area contributed by atoms with E-state index < -0.39 is 6.36 Å². The van der Waals surface area contributed by atoms with Crippen molar-refractivity contribution in [2.75, 3.05) is 17.2 Å². The monoisotopic (exact) mass is 650 g/mol. The maximum Gasteiger partial charge on any atom is 0.573 e. The number of nitrogens with zero attached hydrogens (tertiary/aromatic N) is 5. The van der Waals surface area contributed by atoms with Crippen LogP contribution in [-0.2, 0) is 12.8 Å². The fourth-order valence-electron chi connectivity index (χ4n) is 5.35. The van der Waals surface area contributed by atoms with Crippen molar-refractivity contribution in [3.8, 4) is 22.8 Å². The number of thioether (sulfide) groups is 1. The molecule has 242 valence electrons. The molecule has 1 saturated heterocycles. The van der Waals surface area contributed by atoms with Crippen LogP contribution in [0.1, 0.15) is 44.7 Å². The number of nitrogens with one attached hydrogen (secondary N) is 1. The molecule has 2 atom stereocenters. The van der Waals surface area contributed by atoms with Gasteiger partial charge < -0.3 is 15.0 Å². The van der Waals surface area contributed by atoms with Gasteiger partial charge in [0.1, 0.15) is 12.1 Å². The van der Waals surface area contributed by atoms with Gasteiger partial charge in [-0.15, -0.1) is 18.3 Å². The number of aryl methyl sites for hydroxylation is 1. The molecular weight excluding hydrogens is 613 g/mol. The number of aliphatic imine (C=N–C) groups is 1. The molecule has 46 heavy (non-hydrogen) atoms. The van der Waals surface area contributed by atoms with E-state index in [2.05, 4.69) is 62.9 Å². The molecule has 0 radical (unpaired) electrons. The Kier molecular flexibility index (Phi) is 10.7. The number of urea groups is 1. The Morgan fingerprint density at radius 1 is 1.11 bits per heavy atom. The first kappa shape index (κ1) is 33.1. The van der Waals surface area contributed by atoms with E-state index in [0.717, 1.165) is 53.4 Å². The number of ether oxygens (including phenoxy) is 1. The summed E-state index contributed by atoms with van der Waals surface area (Å²) in [5.41, 5.74) is 4.89. The molecule has 1 aliphatic heterocycles.